The van der Waals surface area contributed by atoms with Crippen LogP contribution in [-0.4, -0.2) is 71.5 Å². The summed E-state index contributed by atoms with van der Waals surface area (Å²) >= 11 is 1.40. The van der Waals surface area contributed by atoms with Gasteiger partial charge in [0, 0.05) is 14.2 Å². The van der Waals surface area contributed by atoms with Crippen LogP contribution in [0.2, 0.25) is 0 Å². The van der Waals surface area contributed by atoms with Gasteiger partial charge < -0.3 is 86.1 Å². The van der Waals surface area contributed by atoms with E-state index in [2.05, 4.69) is 166 Å². The summed E-state index contributed by atoms with van der Waals surface area (Å²) in [6.07, 6.45) is 3.35. The minimum Gasteiger partial charge on any atom is -0.813 e. The van der Waals surface area contributed by atoms with Crippen molar-refractivity contribution in [3.63, 3.8) is 0 Å². The first-order chi connectivity index (χ1) is 29.4. The van der Waals surface area contributed by atoms with Crippen molar-refractivity contribution in [1.82, 2.24) is 0 Å². The molecule has 1 heterocycles. The monoisotopic (exact) mass is 1410 g/mol. The van der Waals surface area contributed by atoms with Crippen molar-refractivity contribution >= 4 is 64.0 Å². The fourth-order valence-electron chi connectivity index (χ4n) is 10.1. The summed E-state index contributed by atoms with van der Waals surface area (Å²) < 4.78 is 37.3. The number of thiol groups is 2. The third kappa shape index (κ3) is 42.0. The molecule has 0 aromatic heterocycles. The van der Waals surface area contributed by atoms with E-state index in [0.29, 0.717) is 39.6 Å². The summed E-state index contributed by atoms with van der Waals surface area (Å²) in [6, 6.07) is 0. The Morgan fingerprint density at radius 2 is 0.366 bits per heavy atom. The first-order valence-corrected chi connectivity index (χ1v) is 25.9. The van der Waals surface area contributed by atoms with Crippen molar-refractivity contribution in [2.24, 2.45) is 118 Å². The molecule has 4 saturated carbocycles. The molecule has 0 saturated heterocycles. The second kappa shape index (κ2) is 69.4. The maximum atomic E-state index is 10.4. The van der Waals surface area contributed by atoms with Crippen molar-refractivity contribution in [3.8, 4) is 0 Å². The van der Waals surface area contributed by atoms with Gasteiger partial charge >= 0.3 is 88.5 Å². The number of aliphatic hydroxyl groups is 2. The first kappa shape index (κ1) is 116. The van der Waals surface area contributed by atoms with E-state index in [-0.39, 0.29) is 110 Å². The van der Waals surface area contributed by atoms with E-state index in [9.17, 15) is 8.42 Å². The van der Waals surface area contributed by atoms with E-state index < -0.39 is 9.84 Å². The molecule has 17 heteroatoms. The number of hydrogen-bond donors (Lipinski definition) is 2. The van der Waals surface area contributed by atoms with Gasteiger partial charge in [0.2, 0.25) is 0 Å². The summed E-state index contributed by atoms with van der Waals surface area (Å²) in [4.78, 5) is 31.0. The standard InChI is InChI=1S/4C10H20.C4H6O2S.2CH4O.4CHO.4CH3.4Mo.2O.2H2S/c4*1-6-7(2)9(4)10(5)8(6)3;5-7(6)3-1-2-4-7;6*1-2;;;;;;;;;;;;/h4*6-10H,1-5H3;1-2H,3-4H2;2*2H,1H3;4*1H;4*1H3;;;;;;;2*1H2/q;;;;;;;8*-1;;;+2;+4;;;;/p-2. The van der Waals surface area contributed by atoms with Crippen LogP contribution in [0, 0.1) is 148 Å². The van der Waals surface area contributed by atoms with Gasteiger partial charge in [-0.2, -0.15) is 0 Å². The van der Waals surface area contributed by atoms with Gasteiger partial charge in [-0.25, -0.2) is 8.42 Å². The molecule has 71 heavy (non-hydrogen) atoms. The molecule has 0 spiro atoms. The summed E-state index contributed by atoms with van der Waals surface area (Å²) in [5.41, 5.74) is 0. The van der Waals surface area contributed by atoms with Crippen LogP contribution in [-0.2, 0) is 144 Å². The molecule has 4 fully saturated rings. The van der Waals surface area contributed by atoms with E-state index in [1.165, 1.54) is 0 Å². The molecule has 434 valence electrons. The van der Waals surface area contributed by atoms with Gasteiger partial charge in [0.05, 0.1) is 11.5 Å². The van der Waals surface area contributed by atoms with Crippen LogP contribution in [0.1, 0.15) is 138 Å². The molecule has 5 aliphatic rings. The molecule has 0 aromatic carbocycles. The van der Waals surface area contributed by atoms with Gasteiger partial charge in [-0.1, -0.05) is 151 Å². The first-order valence-electron chi connectivity index (χ1n) is 22.4. The third-order valence-electron chi connectivity index (χ3n) is 17.5. The van der Waals surface area contributed by atoms with Crippen molar-refractivity contribution in [2.45, 2.75) is 138 Å². The summed E-state index contributed by atoms with van der Waals surface area (Å²) in [5.74, 6) is 19.2. The Hall–Kier alpha value is 1.34. The summed E-state index contributed by atoms with van der Waals surface area (Å²) in [7, 11) is -0.657. The number of carbonyl (C=O) groups excluding carboxylic acids is 4. The zero-order chi connectivity index (χ0) is 52.9. The van der Waals surface area contributed by atoms with E-state index in [1.54, 1.807) is 12.2 Å². The van der Waals surface area contributed by atoms with Gasteiger partial charge in [0.1, 0.15) is 0 Å². The minimum absolute atomic E-state index is 0. The summed E-state index contributed by atoms with van der Waals surface area (Å²) in [5, 5.41) is 14.0. The second-order valence-electron chi connectivity index (χ2n) is 18.7. The molecule has 0 unspecified atom stereocenters. The molecule has 0 bridgehead atoms. The Morgan fingerprint density at radius 3 is 0.394 bits per heavy atom. The van der Waals surface area contributed by atoms with Crippen LogP contribution in [0.15, 0.2) is 12.2 Å². The maximum absolute atomic E-state index is 10.4. The fraction of sp³-hybridized carbons (Fsp3) is 0.815. The molecule has 1 aliphatic heterocycles. The largest absolute Gasteiger partial charge is 0.813 e. The van der Waals surface area contributed by atoms with Crippen molar-refractivity contribution in [2.75, 3.05) is 25.7 Å². The average Bonchev–Trinajstić information content (AvgIpc) is 3.98. The zero-order valence-electron chi connectivity index (χ0n) is 49.5. The van der Waals surface area contributed by atoms with Crippen LogP contribution in [0.5, 0.6) is 0 Å². The second-order valence-corrected chi connectivity index (χ2v) is 20.9. The Balaban J connectivity index is -0.0000000346. The van der Waals surface area contributed by atoms with E-state index in [0.717, 1.165) is 133 Å². The third-order valence-corrected chi connectivity index (χ3v) is 18.9. The topological polar surface area (TPSA) is 177 Å². The molecule has 0 aromatic rings. The minimum atomic E-state index is -2.66. The Bertz CT molecular complexity index is 858. The molecular weight excluding hydrogens is 1290 g/mol. The predicted octanol–water partition coefficient (Wildman–Crippen LogP) is 11.8. The number of sulfone groups is 1. The molecule has 2 N–H and O–H groups in total. The molecule has 5 rings (SSSR count). The van der Waals surface area contributed by atoms with Crippen LogP contribution in [0.3, 0.4) is 0 Å². The molecule has 10 nitrogen and oxygen atoms in total. The van der Waals surface area contributed by atoms with Crippen molar-refractivity contribution in [1.29, 1.82) is 0 Å². The predicted molar refractivity (Wildman–Crippen MR) is 299 cm³/mol. The summed E-state index contributed by atoms with van der Waals surface area (Å²) in [6.45, 7) is 61.0. The van der Waals surface area contributed by atoms with E-state index in [4.69, 9.17) is 36.2 Å². The van der Waals surface area contributed by atoms with Crippen LogP contribution < -0.4 is 0 Å². The Morgan fingerprint density at radius 1 is 0.310 bits per heavy atom. The SMILES string of the molecule is CC1C(C)C(C)C(C)C1C.CC1C(C)C(C)C(C)C1C.CC1C(C)C(C)C(C)C1C.CC1C(C)C(C)C(C)C1C.CO.CO.O=S1(=O)CC=CC1.[CH-]=O.[CH-]=O.[CH-]=O.[CH-]=O.[CH3-].[CH3-].[CH3-].[CH3-].[Mo+2].[Mo+4].[O]=[Mo].[O]=[Mo].[SH-].[SH-]. The number of hydrogen-bond acceptors (Lipinski definition) is 12. The van der Waals surface area contributed by atoms with Crippen LogP contribution in [0.4, 0.5) is 0 Å². The average molecular weight is 1400 g/mol. The van der Waals surface area contributed by atoms with Crippen molar-refractivity contribution in [3.05, 3.63) is 41.9 Å². The number of rotatable bonds is 0. The van der Waals surface area contributed by atoms with Gasteiger partial charge in [0.15, 0.2) is 9.84 Å². The van der Waals surface area contributed by atoms with Gasteiger partial charge in [-0.3, -0.25) is 27.2 Å². The van der Waals surface area contributed by atoms with Gasteiger partial charge in [0.25, 0.3) is 0 Å². The number of aliphatic hydroxyl groups excluding tert-OH is 2. The van der Waals surface area contributed by atoms with Gasteiger partial charge in [-0.05, 0) is 118 Å². The molecule has 0 amide bonds. The Labute approximate surface area is 509 Å². The Kier molecular flexibility index (Phi) is 113. The normalized spacial score (nSPS) is 34.3. The molecule has 0 radical (unpaired) electrons. The van der Waals surface area contributed by atoms with E-state index >= 15 is 0 Å². The molecular formula is C54H112Mo4O10S3-4. The maximum Gasteiger partial charge on any atom is -0.813 e. The molecule has 0 atom stereocenters. The van der Waals surface area contributed by atoms with Crippen molar-refractivity contribution < 1.29 is 126 Å². The van der Waals surface area contributed by atoms with E-state index in [1.807, 2.05) is 0 Å². The zero-order valence-corrected chi connectivity index (χ0v) is 60.2. The smallest absolute Gasteiger partial charge is 0.813 e. The quantitative estimate of drug-likeness (QED) is 0.0587. The fourth-order valence-corrected chi connectivity index (χ4v) is 11.1. The van der Waals surface area contributed by atoms with Crippen LogP contribution in [0.25, 0.3) is 0 Å². The molecule has 4 aliphatic carbocycles. The van der Waals surface area contributed by atoms with Crippen LogP contribution >= 0.6 is 0 Å². The van der Waals surface area contributed by atoms with Gasteiger partial charge in [-0.15, -0.1) is 0 Å².